The highest BCUT2D eigenvalue weighted by molar-refractivity contribution is 6.31. The fourth-order valence-corrected chi connectivity index (χ4v) is 2.03. The molecular weight excluding hydrogens is 262 g/mol. The second-order valence-electron chi connectivity index (χ2n) is 4.82. The van der Waals surface area contributed by atoms with Gasteiger partial charge in [0.2, 0.25) is 5.91 Å². The summed E-state index contributed by atoms with van der Waals surface area (Å²) in [6.07, 6.45) is 1.34. The van der Waals surface area contributed by atoms with Gasteiger partial charge in [-0.2, -0.15) is 0 Å². The van der Waals surface area contributed by atoms with E-state index in [1.807, 2.05) is 32.0 Å². The van der Waals surface area contributed by atoms with Crippen molar-refractivity contribution >= 4 is 28.9 Å². The van der Waals surface area contributed by atoms with Crippen molar-refractivity contribution in [3.8, 4) is 0 Å². The molecule has 3 N–H and O–H groups in total. The second kappa shape index (κ2) is 7.36. The lowest BCUT2D eigenvalue weighted by atomic mass is 10.0. The summed E-state index contributed by atoms with van der Waals surface area (Å²) in [5.74, 6) is 0.199. The van der Waals surface area contributed by atoms with E-state index in [4.69, 9.17) is 17.3 Å². The first-order valence-corrected chi connectivity index (χ1v) is 6.82. The minimum atomic E-state index is -0.0253. The maximum atomic E-state index is 12.0. The van der Waals surface area contributed by atoms with Gasteiger partial charge in [0.05, 0.1) is 11.4 Å². The van der Waals surface area contributed by atoms with Crippen LogP contribution in [0.1, 0.15) is 19.8 Å². The highest BCUT2D eigenvalue weighted by Crippen LogP contribution is 2.28. The average molecular weight is 284 g/mol. The molecule has 1 amide bonds. The molecule has 0 heterocycles. The molecule has 0 spiro atoms. The number of rotatable bonds is 6. The number of carbonyl (C=O) groups excluding carboxylic acids is 1. The van der Waals surface area contributed by atoms with E-state index in [-0.39, 0.29) is 11.8 Å². The van der Waals surface area contributed by atoms with E-state index in [0.29, 0.717) is 18.0 Å². The van der Waals surface area contributed by atoms with Crippen molar-refractivity contribution in [3.05, 3.63) is 23.2 Å². The molecule has 106 valence electrons. The Morgan fingerprint density at radius 3 is 2.68 bits per heavy atom. The normalized spacial score (nSPS) is 12.1. The Balaban J connectivity index is 2.80. The molecule has 0 saturated carbocycles. The third-order valence-corrected chi connectivity index (χ3v) is 3.33. The van der Waals surface area contributed by atoms with Crippen LogP contribution in [0.2, 0.25) is 5.02 Å². The van der Waals surface area contributed by atoms with Gasteiger partial charge in [0.15, 0.2) is 0 Å². The summed E-state index contributed by atoms with van der Waals surface area (Å²) in [5, 5.41) is 3.51. The van der Waals surface area contributed by atoms with E-state index >= 15 is 0 Å². The first-order valence-electron chi connectivity index (χ1n) is 6.44. The number of halogens is 1. The average Bonchev–Trinajstić information content (AvgIpc) is 2.35. The van der Waals surface area contributed by atoms with Crippen LogP contribution in [0.5, 0.6) is 0 Å². The molecule has 0 bridgehead atoms. The lowest BCUT2D eigenvalue weighted by molar-refractivity contribution is -0.117. The SMILES string of the molecule is CCC(CN)CC(=O)Nc1cc(Cl)ccc1N(C)C. The van der Waals surface area contributed by atoms with Crippen LogP contribution < -0.4 is 16.0 Å². The monoisotopic (exact) mass is 283 g/mol. The minimum Gasteiger partial charge on any atom is -0.376 e. The minimum absolute atomic E-state index is 0.0253. The first kappa shape index (κ1) is 15.8. The van der Waals surface area contributed by atoms with Crippen molar-refractivity contribution in [2.45, 2.75) is 19.8 Å². The predicted molar refractivity (Wildman–Crippen MR) is 81.9 cm³/mol. The van der Waals surface area contributed by atoms with Gasteiger partial charge in [-0.15, -0.1) is 0 Å². The second-order valence-corrected chi connectivity index (χ2v) is 5.25. The number of hydrogen-bond donors (Lipinski definition) is 2. The lowest BCUT2D eigenvalue weighted by Gasteiger charge is -2.19. The lowest BCUT2D eigenvalue weighted by Crippen LogP contribution is -2.22. The van der Waals surface area contributed by atoms with E-state index in [1.165, 1.54) is 0 Å². The van der Waals surface area contributed by atoms with Crippen LogP contribution in [0.4, 0.5) is 11.4 Å². The molecule has 1 rings (SSSR count). The molecule has 0 radical (unpaired) electrons. The van der Waals surface area contributed by atoms with Gasteiger partial charge in [-0.1, -0.05) is 24.9 Å². The van der Waals surface area contributed by atoms with Gasteiger partial charge >= 0.3 is 0 Å². The van der Waals surface area contributed by atoms with Gasteiger partial charge in [-0.05, 0) is 30.7 Å². The van der Waals surface area contributed by atoms with Crippen molar-refractivity contribution in [3.63, 3.8) is 0 Å². The van der Waals surface area contributed by atoms with Gasteiger partial charge in [0.25, 0.3) is 0 Å². The smallest absolute Gasteiger partial charge is 0.224 e. The molecule has 5 heteroatoms. The Morgan fingerprint density at radius 1 is 1.47 bits per heavy atom. The van der Waals surface area contributed by atoms with Crippen molar-refractivity contribution in [1.29, 1.82) is 0 Å². The van der Waals surface area contributed by atoms with Gasteiger partial charge in [0.1, 0.15) is 0 Å². The van der Waals surface area contributed by atoms with Crippen LogP contribution in [0.25, 0.3) is 0 Å². The predicted octanol–water partition coefficient (Wildman–Crippen LogP) is 2.72. The third kappa shape index (κ3) is 4.73. The maximum absolute atomic E-state index is 12.0. The number of hydrogen-bond acceptors (Lipinski definition) is 3. The zero-order valence-corrected chi connectivity index (χ0v) is 12.5. The molecule has 0 saturated heterocycles. The summed E-state index contributed by atoms with van der Waals surface area (Å²) in [4.78, 5) is 13.9. The summed E-state index contributed by atoms with van der Waals surface area (Å²) in [6.45, 7) is 2.56. The number of carbonyl (C=O) groups is 1. The summed E-state index contributed by atoms with van der Waals surface area (Å²) < 4.78 is 0. The molecule has 1 aromatic carbocycles. The van der Waals surface area contributed by atoms with Crippen molar-refractivity contribution in [2.24, 2.45) is 11.7 Å². The number of anilines is 2. The van der Waals surface area contributed by atoms with E-state index in [0.717, 1.165) is 17.8 Å². The van der Waals surface area contributed by atoms with Crippen molar-refractivity contribution < 1.29 is 4.79 Å². The molecule has 1 unspecified atom stereocenters. The molecule has 19 heavy (non-hydrogen) atoms. The fourth-order valence-electron chi connectivity index (χ4n) is 1.86. The third-order valence-electron chi connectivity index (χ3n) is 3.10. The highest BCUT2D eigenvalue weighted by atomic mass is 35.5. The maximum Gasteiger partial charge on any atom is 0.224 e. The Morgan fingerprint density at radius 2 is 2.16 bits per heavy atom. The largest absolute Gasteiger partial charge is 0.376 e. The molecule has 0 fully saturated rings. The van der Waals surface area contributed by atoms with Crippen LogP contribution in [0, 0.1) is 5.92 Å². The molecule has 1 aromatic rings. The summed E-state index contributed by atoms with van der Waals surface area (Å²) >= 11 is 5.98. The molecule has 0 aliphatic heterocycles. The topological polar surface area (TPSA) is 58.4 Å². The van der Waals surface area contributed by atoms with Gasteiger partial charge < -0.3 is 16.0 Å². The highest BCUT2D eigenvalue weighted by Gasteiger charge is 2.13. The van der Waals surface area contributed by atoms with Crippen molar-refractivity contribution in [2.75, 3.05) is 30.9 Å². The molecule has 4 nitrogen and oxygen atoms in total. The van der Waals surface area contributed by atoms with E-state index in [1.54, 1.807) is 12.1 Å². The first-order chi connectivity index (χ1) is 8.97. The van der Waals surface area contributed by atoms with Crippen LogP contribution in [-0.4, -0.2) is 26.5 Å². The molecule has 0 aromatic heterocycles. The van der Waals surface area contributed by atoms with Crippen LogP contribution in [-0.2, 0) is 4.79 Å². The number of amides is 1. The standard InChI is InChI=1S/C14H22ClN3O/c1-4-10(9-16)7-14(19)17-12-8-11(15)5-6-13(12)18(2)3/h5-6,8,10H,4,7,9,16H2,1-3H3,(H,17,19). The van der Waals surface area contributed by atoms with Crippen molar-refractivity contribution in [1.82, 2.24) is 0 Å². The van der Waals surface area contributed by atoms with Crippen LogP contribution in [0.3, 0.4) is 0 Å². The molecule has 0 aliphatic carbocycles. The summed E-state index contributed by atoms with van der Waals surface area (Å²) in [5.41, 5.74) is 7.28. The van der Waals surface area contributed by atoms with E-state index < -0.39 is 0 Å². The van der Waals surface area contributed by atoms with Gasteiger partial charge in [-0.25, -0.2) is 0 Å². The summed E-state index contributed by atoms with van der Waals surface area (Å²) in [6, 6.07) is 5.46. The summed E-state index contributed by atoms with van der Waals surface area (Å²) in [7, 11) is 3.85. The fraction of sp³-hybridized carbons (Fsp3) is 0.500. The van der Waals surface area contributed by atoms with Crippen LogP contribution in [0.15, 0.2) is 18.2 Å². The quantitative estimate of drug-likeness (QED) is 0.844. The zero-order valence-electron chi connectivity index (χ0n) is 11.7. The molecular formula is C14H22ClN3O. The van der Waals surface area contributed by atoms with Gasteiger partial charge in [0, 0.05) is 25.5 Å². The Kier molecular flexibility index (Phi) is 6.12. The Hall–Kier alpha value is -1.26. The zero-order chi connectivity index (χ0) is 14.4. The number of benzene rings is 1. The van der Waals surface area contributed by atoms with E-state index in [9.17, 15) is 4.79 Å². The number of nitrogens with one attached hydrogen (secondary N) is 1. The Labute approximate surface area is 119 Å². The molecule has 0 aliphatic rings. The van der Waals surface area contributed by atoms with Gasteiger partial charge in [-0.3, -0.25) is 4.79 Å². The number of nitrogens with zero attached hydrogens (tertiary/aromatic N) is 1. The molecule has 1 atom stereocenters. The van der Waals surface area contributed by atoms with Crippen LogP contribution >= 0.6 is 11.6 Å². The van der Waals surface area contributed by atoms with E-state index in [2.05, 4.69) is 5.32 Å². The Bertz CT molecular complexity index is 431. The number of nitrogens with two attached hydrogens (primary N) is 1.